The van der Waals surface area contributed by atoms with E-state index in [2.05, 4.69) is 49.3 Å². The van der Waals surface area contributed by atoms with Gasteiger partial charge in [-0.1, -0.05) is 36.7 Å². The molecule has 6 heteroatoms. The normalized spacial score (nSPS) is 12.9. The molecule has 0 heterocycles. The van der Waals surface area contributed by atoms with Crippen LogP contribution in [-0.2, 0) is 15.2 Å². The Morgan fingerprint density at radius 2 is 1.73 bits per heavy atom. The average molecular weight is 450 g/mol. The second kappa shape index (κ2) is 10.1. The van der Waals surface area contributed by atoms with Crippen LogP contribution >= 0.6 is 28.6 Å². The van der Waals surface area contributed by atoms with Crippen LogP contribution in [0.3, 0.4) is 0 Å². The van der Waals surface area contributed by atoms with Crippen molar-refractivity contribution in [1.29, 1.82) is 0 Å². The van der Waals surface area contributed by atoms with Crippen molar-refractivity contribution in [3.63, 3.8) is 0 Å². The molecule has 0 aliphatic heterocycles. The number of ether oxygens (including phenoxy) is 1. The SMILES string of the molecule is CC(C)(C)S.CCOC(=O)CC(N)c1c(C)c(Br)cc(C(C)(C)F)c1C. The Hall–Kier alpha value is -0.590. The topological polar surface area (TPSA) is 52.3 Å². The molecule has 0 saturated heterocycles. The Morgan fingerprint density at radius 3 is 2.12 bits per heavy atom. The molecule has 0 aliphatic carbocycles. The van der Waals surface area contributed by atoms with Crippen molar-refractivity contribution in [3.8, 4) is 0 Å². The lowest BCUT2D eigenvalue weighted by Crippen LogP contribution is -2.22. The molecule has 0 aromatic heterocycles. The van der Waals surface area contributed by atoms with Crippen molar-refractivity contribution in [2.45, 2.75) is 78.3 Å². The van der Waals surface area contributed by atoms with Crippen LogP contribution in [0.15, 0.2) is 10.5 Å². The maximum absolute atomic E-state index is 14.4. The molecule has 26 heavy (non-hydrogen) atoms. The fourth-order valence-electron chi connectivity index (χ4n) is 2.57. The summed E-state index contributed by atoms with van der Waals surface area (Å²) in [5.74, 6) is -0.343. The van der Waals surface area contributed by atoms with Gasteiger partial charge in [-0.05, 0) is 62.9 Å². The first-order valence-electron chi connectivity index (χ1n) is 8.72. The summed E-state index contributed by atoms with van der Waals surface area (Å²) in [6.45, 7) is 15.0. The van der Waals surface area contributed by atoms with Gasteiger partial charge in [-0.15, -0.1) is 0 Å². The minimum atomic E-state index is -1.47. The summed E-state index contributed by atoms with van der Waals surface area (Å²) in [6.07, 6.45) is 0.0815. The Balaban J connectivity index is 0.00000110. The zero-order valence-corrected chi connectivity index (χ0v) is 19.6. The van der Waals surface area contributed by atoms with E-state index in [9.17, 15) is 9.18 Å². The molecule has 1 rings (SSSR count). The van der Waals surface area contributed by atoms with Gasteiger partial charge < -0.3 is 10.5 Å². The number of carbonyl (C=O) groups is 1. The third-order valence-electron chi connectivity index (χ3n) is 3.54. The molecular weight excluding hydrogens is 417 g/mol. The molecule has 150 valence electrons. The molecule has 0 spiro atoms. The van der Waals surface area contributed by atoms with E-state index in [1.54, 1.807) is 13.0 Å². The summed E-state index contributed by atoms with van der Waals surface area (Å²) in [5, 5.41) is 0. The summed E-state index contributed by atoms with van der Waals surface area (Å²) < 4.78 is 20.3. The Bertz CT molecular complexity index is 616. The van der Waals surface area contributed by atoms with Crippen LogP contribution in [0.25, 0.3) is 0 Å². The van der Waals surface area contributed by atoms with Crippen molar-refractivity contribution in [2.75, 3.05) is 6.61 Å². The van der Waals surface area contributed by atoms with Gasteiger partial charge >= 0.3 is 5.97 Å². The number of benzene rings is 1. The summed E-state index contributed by atoms with van der Waals surface area (Å²) >= 11 is 7.57. The first-order valence-corrected chi connectivity index (χ1v) is 9.96. The van der Waals surface area contributed by atoms with Gasteiger partial charge in [-0.2, -0.15) is 12.6 Å². The van der Waals surface area contributed by atoms with Gasteiger partial charge in [0.15, 0.2) is 0 Å². The first-order chi connectivity index (χ1) is 11.6. The number of halogens is 2. The predicted molar refractivity (Wildman–Crippen MR) is 115 cm³/mol. The lowest BCUT2D eigenvalue weighted by Gasteiger charge is -2.25. The van der Waals surface area contributed by atoms with Crippen molar-refractivity contribution < 1.29 is 13.9 Å². The van der Waals surface area contributed by atoms with Crippen LogP contribution in [0, 0.1) is 13.8 Å². The molecule has 1 atom stereocenters. The summed E-state index contributed by atoms with van der Waals surface area (Å²) in [5.41, 5.74) is 7.79. The fourth-order valence-corrected chi connectivity index (χ4v) is 3.02. The van der Waals surface area contributed by atoms with E-state index in [4.69, 9.17) is 10.5 Å². The summed E-state index contributed by atoms with van der Waals surface area (Å²) in [7, 11) is 0. The summed E-state index contributed by atoms with van der Waals surface area (Å²) in [6, 6.07) is 1.27. The lowest BCUT2D eigenvalue weighted by molar-refractivity contribution is -0.143. The molecule has 3 nitrogen and oxygen atoms in total. The highest BCUT2D eigenvalue weighted by molar-refractivity contribution is 9.10. The molecule has 1 aromatic carbocycles. The zero-order valence-electron chi connectivity index (χ0n) is 17.2. The Labute approximate surface area is 171 Å². The minimum absolute atomic E-state index is 0.0815. The number of esters is 1. The van der Waals surface area contributed by atoms with Crippen LogP contribution < -0.4 is 5.73 Å². The number of nitrogens with two attached hydrogens (primary N) is 1. The van der Waals surface area contributed by atoms with Gasteiger partial charge in [0.05, 0.1) is 13.0 Å². The highest BCUT2D eigenvalue weighted by Crippen LogP contribution is 2.37. The van der Waals surface area contributed by atoms with Gasteiger partial charge in [0.25, 0.3) is 0 Å². The molecule has 0 radical (unpaired) electrons. The second-order valence-electron chi connectivity index (χ2n) is 7.83. The lowest BCUT2D eigenvalue weighted by atomic mass is 9.86. The van der Waals surface area contributed by atoms with Gasteiger partial charge in [0, 0.05) is 15.3 Å². The van der Waals surface area contributed by atoms with E-state index in [1.807, 2.05) is 13.8 Å². The molecular formula is C20H33BrFNO2S. The highest BCUT2D eigenvalue weighted by atomic mass is 79.9. The molecule has 2 N–H and O–H groups in total. The van der Waals surface area contributed by atoms with Crippen molar-refractivity contribution in [2.24, 2.45) is 5.73 Å². The van der Waals surface area contributed by atoms with Gasteiger partial charge in [-0.3, -0.25) is 4.79 Å². The van der Waals surface area contributed by atoms with Crippen LogP contribution in [0.2, 0.25) is 0 Å². The van der Waals surface area contributed by atoms with E-state index < -0.39 is 11.7 Å². The smallest absolute Gasteiger partial charge is 0.307 e. The highest BCUT2D eigenvalue weighted by Gasteiger charge is 2.27. The van der Waals surface area contributed by atoms with Crippen LogP contribution in [-0.4, -0.2) is 17.3 Å². The predicted octanol–water partition coefficient (Wildman–Crippen LogP) is 5.94. The Kier molecular flexibility index (Phi) is 9.86. The number of thiol groups is 1. The minimum Gasteiger partial charge on any atom is -0.466 e. The fraction of sp³-hybridized carbons (Fsp3) is 0.650. The van der Waals surface area contributed by atoms with Crippen LogP contribution in [0.4, 0.5) is 4.39 Å². The van der Waals surface area contributed by atoms with Gasteiger partial charge in [-0.25, -0.2) is 4.39 Å². The van der Waals surface area contributed by atoms with E-state index in [-0.39, 0.29) is 17.1 Å². The van der Waals surface area contributed by atoms with E-state index >= 15 is 0 Å². The standard InChI is InChI=1S/C16H23BrFNO2.C4H10S/c1-6-21-14(20)8-13(19)15-9(2)11(16(4,5)18)7-12(17)10(15)3;1-4(2,3)5/h7,13H,6,8,19H2,1-5H3;5H,1-3H3. The third-order valence-corrected chi connectivity index (χ3v) is 4.37. The molecule has 1 unspecified atom stereocenters. The van der Waals surface area contributed by atoms with E-state index in [0.29, 0.717) is 12.2 Å². The molecule has 0 aliphatic rings. The van der Waals surface area contributed by atoms with Crippen LogP contribution in [0.1, 0.15) is 76.3 Å². The van der Waals surface area contributed by atoms with Crippen molar-refractivity contribution in [1.82, 2.24) is 0 Å². The first kappa shape index (κ1) is 25.4. The molecule has 0 fully saturated rings. The van der Waals surface area contributed by atoms with Gasteiger partial charge in [0.1, 0.15) is 5.67 Å². The largest absolute Gasteiger partial charge is 0.466 e. The van der Waals surface area contributed by atoms with Crippen LogP contribution in [0.5, 0.6) is 0 Å². The number of carbonyl (C=O) groups excluding carboxylic acids is 1. The van der Waals surface area contributed by atoms with Crippen molar-refractivity contribution >= 4 is 34.5 Å². The number of rotatable bonds is 5. The monoisotopic (exact) mass is 449 g/mol. The maximum atomic E-state index is 14.4. The van der Waals surface area contributed by atoms with E-state index in [1.165, 1.54) is 13.8 Å². The zero-order chi connectivity index (χ0) is 20.9. The number of hydrogen-bond acceptors (Lipinski definition) is 4. The molecule has 0 saturated carbocycles. The molecule has 1 aromatic rings. The Morgan fingerprint density at radius 1 is 1.27 bits per heavy atom. The molecule has 0 amide bonds. The van der Waals surface area contributed by atoms with Gasteiger partial charge in [0.2, 0.25) is 0 Å². The number of hydrogen-bond donors (Lipinski definition) is 2. The molecule has 0 bridgehead atoms. The summed E-state index contributed by atoms with van der Waals surface area (Å²) in [4.78, 5) is 11.6. The maximum Gasteiger partial charge on any atom is 0.307 e. The quantitative estimate of drug-likeness (QED) is 0.431. The number of alkyl halides is 1. The average Bonchev–Trinajstić information content (AvgIpc) is 2.40. The third kappa shape index (κ3) is 8.87. The second-order valence-corrected chi connectivity index (χ2v) is 10.0. The van der Waals surface area contributed by atoms with Crippen molar-refractivity contribution in [3.05, 3.63) is 32.8 Å². The van der Waals surface area contributed by atoms with E-state index in [0.717, 1.165) is 21.2 Å².